The molecule has 0 spiro atoms. The van der Waals surface area contributed by atoms with E-state index in [1.54, 1.807) is 36.7 Å². The van der Waals surface area contributed by atoms with Crippen LogP contribution in [0.3, 0.4) is 0 Å². The van der Waals surface area contributed by atoms with E-state index >= 15 is 0 Å². The van der Waals surface area contributed by atoms with Crippen LogP contribution in [-0.4, -0.2) is 33.9 Å². The molecule has 4 rings (SSSR count). The highest BCUT2D eigenvalue weighted by atomic mass is 16.2. The quantitative estimate of drug-likeness (QED) is 0.536. The van der Waals surface area contributed by atoms with Gasteiger partial charge in [-0.25, -0.2) is 4.68 Å². The number of ketones is 1. The van der Waals surface area contributed by atoms with Gasteiger partial charge in [0.05, 0.1) is 22.6 Å². The molecule has 0 aliphatic carbocycles. The van der Waals surface area contributed by atoms with E-state index in [2.05, 4.69) is 5.10 Å². The predicted octanol–water partition coefficient (Wildman–Crippen LogP) is 2.75. The summed E-state index contributed by atoms with van der Waals surface area (Å²) in [5.41, 5.74) is 9.40. The van der Waals surface area contributed by atoms with Gasteiger partial charge in [0, 0.05) is 17.8 Å². The van der Waals surface area contributed by atoms with E-state index in [9.17, 15) is 14.4 Å². The second-order valence-electron chi connectivity index (χ2n) is 7.35. The smallest absolute Gasteiger partial charge is 0.299 e. The third-order valence-corrected chi connectivity index (χ3v) is 5.47. The summed E-state index contributed by atoms with van der Waals surface area (Å²) < 4.78 is 1.67. The van der Waals surface area contributed by atoms with Gasteiger partial charge in [0.1, 0.15) is 0 Å². The van der Waals surface area contributed by atoms with Crippen LogP contribution in [0.1, 0.15) is 44.1 Å². The lowest BCUT2D eigenvalue weighted by Crippen LogP contribution is -2.41. The number of primary amides is 1. The van der Waals surface area contributed by atoms with Crippen LogP contribution in [0.5, 0.6) is 0 Å². The Morgan fingerprint density at radius 1 is 1.00 bits per heavy atom. The second kappa shape index (κ2) is 7.59. The molecule has 0 atom stereocenters. The summed E-state index contributed by atoms with van der Waals surface area (Å²) in [6, 6.07) is 14.5. The first-order valence-electron chi connectivity index (χ1n) is 9.79. The van der Waals surface area contributed by atoms with Crippen molar-refractivity contribution in [3.63, 3.8) is 0 Å². The average molecular weight is 402 g/mol. The molecule has 0 radical (unpaired) electrons. The van der Waals surface area contributed by atoms with Crippen LogP contribution in [0.2, 0.25) is 0 Å². The lowest BCUT2D eigenvalue weighted by atomic mass is 9.95. The maximum absolute atomic E-state index is 13.2. The topological polar surface area (TPSA) is 98.3 Å². The Bertz CT molecular complexity index is 1160. The van der Waals surface area contributed by atoms with Crippen molar-refractivity contribution in [1.29, 1.82) is 0 Å². The average Bonchev–Trinajstić information content (AvgIpc) is 3.06. The third-order valence-electron chi connectivity index (χ3n) is 5.47. The molecule has 7 nitrogen and oxygen atoms in total. The number of hydrogen-bond acceptors (Lipinski definition) is 4. The summed E-state index contributed by atoms with van der Waals surface area (Å²) in [5, 5.41) is 4.47. The van der Waals surface area contributed by atoms with E-state index in [0.717, 1.165) is 5.69 Å². The van der Waals surface area contributed by atoms with Gasteiger partial charge in [-0.15, -0.1) is 0 Å². The van der Waals surface area contributed by atoms with Gasteiger partial charge < -0.3 is 10.6 Å². The SMILES string of the molecule is Cc1nn(-c2ccccc2)c(C)c1C(=O)C(=O)N1CCCc2c(C(N)=O)cccc21. The zero-order valence-corrected chi connectivity index (χ0v) is 16.9. The number of fused-ring (bicyclic) bond motifs is 1. The van der Waals surface area contributed by atoms with Gasteiger partial charge in [0.15, 0.2) is 0 Å². The molecular weight excluding hydrogens is 380 g/mol. The van der Waals surface area contributed by atoms with Gasteiger partial charge in [-0.05, 0) is 56.5 Å². The predicted molar refractivity (Wildman–Crippen MR) is 113 cm³/mol. The van der Waals surface area contributed by atoms with Gasteiger partial charge in [0.25, 0.3) is 11.7 Å². The van der Waals surface area contributed by atoms with Crippen LogP contribution in [0.15, 0.2) is 48.5 Å². The summed E-state index contributed by atoms with van der Waals surface area (Å²) in [6.45, 7) is 3.91. The number of aryl methyl sites for hydroxylation is 1. The van der Waals surface area contributed by atoms with Crippen molar-refractivity contribution in [2.75, 3.05) is 11.4 Å². The summed E-state index contributed by atoms with van der Waals surface area (Å²) in [5.74, 6) is -1.77. The Morgan fingerprint density at radius 2 is 1.73 bits per heavy atom. The number of nitrogens with two attached hydrogens (primary N) is 1. The van der Waals surface area contributed by atoms with E-state index in [1.807, 2.05) is 30.3 Å². The molecule has 152 valence electrons. The van der Waals surface area contributed by atoms with Crippen LogP contribution in [0.25, 0.3) is 5.69 Å². The Labute approximate surface area is 174 Å². The van der Waals surface area contributed by atoms with E-state index in [0.29, 0.717) is 53.2 Å². The Balaban J connectivity index is 1.72. The number of aromatic nitrogens is 2. The minimum atomic E-state index is -0.628. The standard InChI is InChI=1S/C23H22N4O3/c1-14-20(15(2)27(25-14)16-8-4-3-5-9-16)21(28)23(30)26-13-7-11-17-18(22(24)29)10-6-12-19(17)26/h3-6,8-10,12H,7,11,13H2,1-2H3,(H2,24,29). The molecule has 2 heterocycles. The number of carbonyl (C=O) groups is 3. The van der Waals surface area contributed by atoms with Crippen molar-refractivity contribution in [3.8, 4) is 5.69 Å². The van der Waals surface area contributed by atoms with E-state index in [1.165, 1.54) is 4.90 Å². The van der Waals surface area contributed by atoms with Gasteiger partial charge in [-0.2, -0.15) is 5.10 Å². The van der Waals surface area contributed by atoms with Crippen LogP contribution in [-0.2, 0) is 11.2 Å². The summed E-state index contributed by atoms with van der Waals surface area (Å²) in [4.78, 5) is 39.7. The number of anilines is 1. The molecule has 0 bridgehead atoms. The molecule has 0 unspecified atom stereocenters. The second-order valence-corrected chi connectivity index (χ2v) is 7.35. The molecule has 1 aromatic heterocycles. The van der Waals surface area contributed by atoms with Crippen molar-refractivity contribution in [2.45, 2.75) is 26.7 Å². The minimum absolute atomic E-state index is 0.307. The normalized spacial score (nSPS) is 13.1. The first-order valence-corrected chi connectivity index (χ1v) is 9.79. The van der Waals surface area contributed by atoms with Crippen LogP contribution < -0.4 is 10.6 Å². The number of benzene rings is 2. The number of hydrogen-bond donors (Lipinski definition) is 1. The first-order chi connectivity index (χ1) is 14.4. The first kappa shape index (κ1) is 19.6. The maximum Gasteiger partial charge on any atom is 0.299 e. The fourth-order valence-corrected chi connectivity index (χ4v) is 4.09. The maximum atomic E-state index is 13.2. The molecule has 0 saturated carbocycles. The molecule has 30 heavy (non-hydrogen) atoms. The van der Waals surface area contributed by atoms with Crippen molar-refractivity contribution >= 4 is 23.3 Å². The molecule has 2 N–H and O–H groups in total. The number of amides is 2. The van der Waals surface area contributed by atoms with Crippen molar-refractivity contribution in [2.24, 2.45) is 5.73 Å². The monoisotopic (exact) mass is 402 g/mol. The summed E-state index contributed by atoms with van der Waals surface area (Å²) in [6.07, 6.45) is 1.29. The minimum Gasteiger partial charge on any atom is -0.366 e. The number of carbonyl (C=O) groups excluding carboxylic acids is 3. The Kier molecular flexibility index (Phi) is 4.95. The van der Waals surface area contributed by atoms with Crippen molar-refractivity contribution in [3.05, 3.63) is 76.6 Å². The number of Topliss-reactive ketones (excluding diaryl/α,β-unsaturated/α-hetero) is 1. The van der Waals surface area contributed by atoms with E-state index in [4.69, 9.17) is 5.73 Å². The molecule has 2 amide bonds. The number of nitrogens with zero attached hydrogens (tertiary/aromatic N) is 3. The van der Waals surface area contributed by atoms with Crippen molar-refractivity contribution < 1.29 is 14.4 Å². The highest BCUT2D eigenvalue weighted by Gasteiger charge is 2.32. The Morgan fingerprint density at radius 3 is 2.43 bits per heavy atom. The van der Waals surface area contributed by atoms with Gasteiger partial charge >= 0.3 is 0 Å². The van der Waals surface area contributed by atoms with E-state index < -0.39 is 17.6 Å². The van der Waals surface area contributed by atoms with Crippen LogP contribution in [0.4, 0.5) is 5.69 Å². The fraction of sp³-hybridized carbons (Fsp3) is 0.217. The fourth-order valence-electron chi connectivity index (χ4n) is 4.09. The van der Waals surface area contributed by atoms with Gasteiger partial charge in [-0.1, -0.05) is 24.3 Å². The lowest BCUT2D eigenvalue weighted by molar-refractivity contribution is -0.114. The van der Waals surface area contributed by atoms with Gasteiger partial charge in [0.2, 0.25) is 5.91 Å². The van der Waals surface area contributed by atoms with Crippen molar-refractivity contribution in [1.82, 2.24) is 9.78 Å². The number of para-hydroxylation sites is 1. The van der Waals surface area contributed by atoms with E-state index in [-0.39, 0.29) is 0 Å². The molecule has 2 aromatic carbocycles. The summed E-state index contributed by atoms with van der Waals surface area (Å²) in [7, 11) is 0. The number of rotatable bonds is 4. The molecular formula is C23H22N4O3. The molecule has 0 saturated heterocycles. The zero-order valence-electron chi connectivity index (χ0n) is 16.9. The van der Waals surface area contributed by atoms with Gasteiger partial charge in [-0.3, -0.25) is 14.4 Å². The molecule has 3 aromatic rings. The third kappa shape index (κ3) is 3.18. The molecule has 1 aliphatic heterocycles. The lowest BCUT2D eigenvalue weighted by Gasteiger charge is -2.30. The Hall–Kier alpha value is -3.74. The molecule has 0 fully saturated rings. The largest absolute Gasteiger partial charge is 0.366 e. The summed E-state index contributed by atoms with van der Waals surface area (Å²) >= 11 is 0. The molecule has 1 aliphatic rings. The zero-order chi connectivity index (χ0) is 21.4. The highest BCUT2D eigenvalue weighted by Crippen LogP contribution is 2.31. The molecule has 7 heteroatoms. The van der Waals surface area contributed by atoms with Crippen LogP contribution in [0, 0.1) is 13.8 Å². The highest BCUT2D eigenvalue weighted by molar-refractivity contribution is 6.47. The van der Waals surface area contributed by atoms with Crippen LogP contribution >= 0.6 is 0 Å².